The van der Waals surface area contributed by atoms with Crippen LogP contribution in [0.15, 0.2) is 59.6 Å². The fourth-order valence-corrected chi connectivity index (χ4v) is 5.02. The Kier molecular flexibility index (Phi) is 19.0. The molecule has 0 bridgehead atoms. The molecule has 0 unspecified atom stereocenters. The number of benzene rings is 3. The molecule has 6 nitrogen and oxygen atoms in total. The molecule has 0 radical (unpaired) electrons. The predicted molar refractivity (Wildman–Crippen MR) is 207 cm³/mol. The van der Waals surface area contributed by atoms with Crippen LogP contribution in [0.25, 0.3) is 0 Å². The zero-order valence-electron chi connectivity index (χ0n) is 34.6. The number of hydrogen-bond acceptors (Lipinski definition) is 6. The zero-order chi connectivity index (χ0) is 38.8. The van der Waals surface area contributed by atoms with Crippen molar-refractivity contribution in [3.8, 4) is 11.5 Å². The molecular formula is C44H66N2O4Ti. The van der Waals surface area contributed by atoms with Crippen LogP contribution in [0.1, 0.15) is 144 Å². The molecule has 51 heavy (non-hydrogen) atoms. The van der Waals surface area contributed by atoms with Gasteiger partial charge in [-0.15, -0.1) is 18.0 Å². The Labute approximate surface area is 326 Å². The van der Waals surface area contributed by atoms with Gasteiger partial charge >= 0.3 is 21.7 Å². The SMILES string of the molecule is CC(C)(C)c1cc(C=NCCN(Cc2cc(C(C)(C)C)cc(C(C)(C)C)c2[O-])c2ccccc2)c([O-])c(C(C)(C)C)c1.CC(C)[O-].CC(C)[O-].[Ti+4]. The molecule has 280 valence electrons. The van der Waals surface area contributed by atoms with Gasteiger partial charge in [0.1, 0.15) is 0 Å². The monoisotopic (exact) mass is 734 g/mol. The van der Waals surface area contributed by atoms with Crippen LogP contribution in [-0.2, 0) is 49.9 Å². The van der Waals surface area contributed by atoms with Gasteiger partial charge in [-0.1, -0.05) is 159 Å². The molecule has 0 saturated heterocycles. The van der Waals surface area contributed by atoms with Crippen LogP contribution in [0, 0.1) is 0 Å². The quantitative estimate of drug-likeness (QED) is 0.183. The summed E-state index contributed by atoms with van der Waals surface area (Å²) in [7, 11) is 0. The second-order valence-corrected chi connectivity index (χ2v) is 17.8. The molecule has 3 aromatic carbocycles. The number of rotatable bonds is 7. The summed E-state index contributed by atoms with van der Waals surface area (Å²) in [4.78, 5) is 6.97. The van der Waals surface area contributed by atoms with Gasteiger partial charge in [0.05, 0.1) is 6.54 Å². The standard InChI is InChI=1S/C38H54N2O2.2C3H7O.Ti/c1-35(2,3)28-20-26(33(41)31(22-28)37(7,8)9)24-39-18-19-40(30-16-14-13-15-17-30)25-27-21-29(36(4,5)6)23-32(34(27)42)38(10,11)12;2*1-3(2)4;/h13-17,20-24,41-42H,18-19,25H2,1-12H3;2*3H,1-2H3;/q;2*-1;+4/p-2. The minimum atomic E-state index is -0.417. The summed E-state index contributed by atoms with van der Waals surface area (Å²) in [5, 5.41) is 46.2. The number of para-hydroxylation sites is 1. The van der Waals surface area contributed by atoms with Gasteiger partial charge in [0.2, 0.25) is 0 Å². The first-order valence-electron chi connectivity index (χ1n) is 18.0. The Hall–Kier alpha value is -2.64. The van der Waals surface area contributed by atoms with Gasteiger partial charge in [-0.3, -0.25) is 4.99 Å². The Morgan fingerprint density at radius 3 is 1.45 bits per heavy atom. The summed E-state index contributed by atoms with van der Waals surface area (Å²) in [6.07, 6.45) is 0.910. The second kappa shape index (κ2) is 20.0. The molecule has 3 aromatic rings. The van der Waals surface area contributed by atoms with Crippen molar-refractivity contribution in [2.24, 2.45) is 4.99 Å². The zero-order valence-corrected chi connectivity index (χ0v) is 36.1. The Morgan fingerprint density at radius 2 is 1.04 bits per heavy atom. The van der Waals surface area contributed by atoms with E-state index >= 15 is 0 Å². The van der Waals surface area contributed by atoms with E-state index in [1.54, 1.807) is 33.9 Å². The molecule has 0 fully saturated rings. The van der Waals surface area contributed by atoms with Crippen molar-refractivity contribution in [2.45, 2.75) is 151 Å². The minimum Gasteiger partial charge on any atom is -0.872 e. The van der Waals surface area contributed by atoms with Crippen LogP contribution >= 0.6 is 0 Å². The van der Waals surface area contributed by atoms with Crippen LogP contribution < -0.4 is 25.3 Å². The van der Waals surface area contributed by atoms with Gasteiger partial charge in [0.15, 0.2) is 0 Å². The third-order valence-electron chi connectivity index (χ3n) is 7.84. The fraction of sp³-hybridized carbons (Fsp3) is 0.568. The van der Waals surface area contributed by atoms with Gasteiger partial charge < -0.3 is 25.3 Å². The van der Waals surface area contributed by atoms with Crippen LogP contribution in [0.5, 0.6) is 11.5 Å². The molecule has 0 aliphatic heterocycles. The van der Waals surface area contributed by atoms with Crippen molar-refractivity contribution < 1.29 is 42.1 Å². The van der Waals surface area contributed by atoms with E-state index < -0.39 is 12.2 Å². The molecule has 0 amide bonds. The maximum atomic E-state index is 13.7. The van der Waals surface area contributed by atoms with Gasteiger partial charge in [-0.2, -0.15) is 0 Å². The molecule has 0 spiro atoms. The normalized spacial score (nSPS) is 12.2. The molecule has 7 heteroatoms. The fourth-order valence-electron chi connectivity index (χ4n) is 5.02. The average Bonchev–Trinajstić information content (AvgIpc) is 2.93. The van der Waals surface area contributed by atoms with Gasteiger partial charge in [0.25, 0.3) is 0 Å². The first-order valence-corrected chi connectivity index (χ1v) is 18.0. The Morgan fingerprint density at radius 1 is 0.627 bits per heavy atom. The maximum Gasteiger partial charge on any atom is 4.00 e. The van der Waals surface area contributed by atoms with E-state index in [-0.39, 0.29) is 54.9 Å². The van der Waals surface area contributed by atoms with Crippen molar-refractivity contribution in [3.05, 3.63) is 88.0 Å². The van der Waals surface area contributed by atoms with E-state index in [9.17, 15) is 20.4 Å². The van der Waals surface area contributed by atoms with Gasteiger partial charge in [-0.05, 0) is 67.2 Å². The molecule has 0 saturated carbocycles. The van der Waals surface area contributed by atoms with Crippen LogP contribution in [0.4, 0.5) is 5.69 Å². The van der Waals surface area contributed by atoms with Crippen molar-refractivity contribution in [3.63, 3.8) is 0 Å². The molecule has 0 N–H and O–H groups in total. The maximum absolute atomic E-state index is 13.7. The average molecular weight is 735 g/mol. The summed E-state index contributed by atoms with van der Waals surface area (Å²) in [5.41, 5.74) is 5.79. The number of nitrogens with zero attached hydrogens (tertiary/aromatic N) is 2. The van der Waals surface area contributed by atoms with E-state index in [0.29, 0.717) is 25.2 Å². The molecule has 3 rings (SSSR count). The summed E-state index contributed by atoms with van der Waals surface area (Å²) < 4.78 is 0. The summed E-state index contributed by atoms with van der Waals surface area (Å²) in [6, 6.07) is 18.4. The summed E-state index contributed by atoms with van der Waals surface area (Å²) in [5.74, 6) is 0.161. The van der Waals surface area contributed by atoms with Gasteiger partial charge in [0, 0.05) is 25.0 Å². The smallest absolute Gasteiger partial charge is 0.872 e. The molecule has 0 aliphatic rings. The van der Waals surface area contributed by atoms with Gasteiger partial charge in [-0.25, -0.2) is 0 Å². The molecule has 0 heterocycles. The number of anilines is 1. The first kappa shape index (κ1) is 48.4. The molecule has 0 aromatic heterocycles. The van der Waals surface area contributed by atoms with Crippen LogP contribution in [0.2, 0.25) is 0 Å². The Balaban J connectivity index is 0.00000251. The van der Waals surface area contributed by atoms with E-state index in [1.165, 1.54) is 5.56 Å². The topological polar surface area (TPSA) is 108 Å². The van der Waals surface area contributed by atoms with E-state index in [4.69, 9.17) is 4.99 Å². The minimum absolute atomic E-state index is 0. The van der Waals surface area contributed by atoms with Crippen molar-refractivity contribution in [2.75, 3.05) is 18.0 Å². The third-order valence-corrected chi connectivity index (χ3v) is 7.84. The molecule has 0 atom stereocenters. The molecule has 0 aliphatic carbocycles. The summed E-state index contributed by atoms with van der Waals surface area (Å²) in [6.45, 7) is 33.7. The Bertz CT molecular complexity index is 1490. The van der Waals surface area contributed by atoms with E-state index in [0.717, 1.165) is 27.9 Å². The van der Waals surface area contributed by atoms with Crippen molar-refractivity contribution in [1.29, 1.82) is 0 Å². The number of hydrogen-bond donors (Lipinski definition) is 0. The van der Waals surface area contributed by atoms with Crippen molar-refractivity contribution >= 4 is 11.9 Å². The number of aliphatic imine (C=N–C) groups is 1. The van der Waals surface area contributed by atoms with Crippen molar-refractivity contribution in [1.82, 2.24) is 0 Å². The third kappa shape index (κ3) is 16.7. The van der Waals surface area contributed by atoms with E-state index in [2.05, 4.69) is 118 Å². The molecular weight excluding hydrogens is 668 g/mol. The largest absolute Gasteiger partial charge is 4.00 e. The second-order valence-electron chi connectivity index (χ2n) is 17.8. The van der Waals surface area contributed by atoms with Crippen LogP contribution in [0.3, 0.4) is 0 Å². The predicted octanol–water partition coefficient (Wildman–Crippen LogP) is 7.66. The van der Waals surface area contributed by atoms with E-state index in [1.807, 2.05) is 24.3 Å². The summed E-state index contributed by atoms with van der Waals surface area (Å²) >= 11 is 0. The van der Waals surface area contributed by atoms with Crippen LogP contribution in [-0.4, -0.2) is 31.5 Å². The first-order chi connectivity index (χ1) is 22.7.